The zero-order chi connectivity index (χ0) is 23.2. The molecule has 7 heteroatoms. The number of amides is 2. The van der Waals surface area contributed by atoms with Gasteiger partial charge in [-0.25, -0.2) is 4.98 Å². The van der Waals surface area contributed by atoms with E-state index in [9.17, 15) is 9.59 Å². The van der Waals surface area contributed by atoms with Crippen LogP contribution in [0.4, 0.5) is 0 Å². The van der Waals surface area contributed by atoms with Gasteiger partial charge in [-0.1, -0.05) is 35.9 Å². The molecule has 2 aromatic heterocycles. The lowest BCUT2D eigenvalue weighted by Crippen LogP contribution is -2.34. The topological polar surface area (TPSA) is 89.2 Å². The number of aromatic nitrogens is 2. The molecule has 2 N–H and O–H groups in total. The molecule has 0 saturated carbocycles. The number of carbonyl (C=O) groups excluding carboxylic acids is 2. The summed E-state index contributed by atoms with van der Waals surface area (Å²) in [5.74, 6) is 0.498. The van der Waals surface area contributed by atoms with Gasteiger partial charge in [-0.3, -0.25) is 9.59 Å². The maximum absolute atomic E-state index is 13.1. The standard InChI is InChI=1S/C26H24N4O3/c1-18-9-11-20(12-10-18)25(31)29-23(16-22-7-5-15-33-22)26(32)28-17-21-6-3-4-8-24(21)30-14-13-27-19(30)2/h3-16H,17H2,1-2H3,(H,28,32)(H,29,31)/b23-16-. The van der Waals surface area contributed by atoms with Crippen LogP contribution in [0, 0.1) is 13.8 Å². The van der Waals surface area contributed by atoms with E-state index in [1.165, 1.54) is 12.3 Å². The van der Waals surface area contributed by atoms with Crippen LogP contribution in [-0.2, 0) is 11.3 Å². The van der Waals surface area contributed by atoms with Crippen molar-refractivity contribution in [2.75, 3.05) is 0 Å². The van der Waals surface area contributed by atoms with Gasteiger partial charge in [0, 0.05) is 30.6 Å². The lowest BCUT2D eigenvalue weighted by Gasteiger charge is -2.14. The molecule has 4 rings (SSSR count). The molecule has 2 heterocycles. The van der Waals surface area contributed by atoms with E-state index < -0.39 is 5.91 Å². The van der Waals surface area contributed by atoms with Crippen LogP contribution in [0.1, 0.15) is 33.1 Å². The third-order valence-corrected chi connectivity index (χ3v) is 5.15. The zero-order valence-electron chi connectivity index (χ0n) is 18.4. The van der Waals surface area contributed by atoms with Gasteiger partial charge in [0.1, 0.15) is 17.3 Å². The molecule has 0 aliphatic carbocycles. The van der Waals surface area contributed by atoms with Crippen LogP contribution in [0.25, 0.3) is 11.8 Å². The van der Waals surface area contributed by atoms with Gasteiger partial charge in [0.2, 0.25) is 0 Å². The predicted molar refractivity (Wildman–Crippen MR) is 125 cm³/mol. The fourth-order valence-electron chi connectivity index (χ4n) is 3.37. The van der Waals surface area contributed by atoms with Crippen LogP contribution in [0.5, 0.6) is 0 Å². The van der Waals surface area contributed by atoms with E-state index in [0.717, 1.165) is 22.6 Å². The van der Waals surface area contributed by atoms with E-state index in [1.807, 2.05) is 61.0 Å². The van der Waals surface area contributed by atoms with Crippen molar-refractivity contribution in [2.45, 2.75) is 20.4 Å². The molecule has 0 bridgehead atoms. The average Bonchev–Trinajstić information content (AvgIpc) is 3.49. The van der Waals surface area contributed by atoms with E-state index in [4.69, 9.17) is 4.42 Å². The third-order valence-electron chi connectivity index (χ3n) is 5.15. The molecule has 0 radical (unpaired) electrons. The Morgan fingerprint density at radius 2 is 1.82 bits per heavy atom. The summed E-state index contributed by atoms with van der Waals surface area (Å²) in [6.07, 6.45) is 6.62. The van der Waals surface area contributed by atoms with Gasteiger partial charge < -0.3 is 19.6 Å². The van der Waals surface area contributed by atoms with Gasteiger partial charge in [0.25, 0.3) is 11.8 Å². The van der Waals surface area contributed by atoms with Crippen molar-refractivity contribution in [3.8, 4) is 5.69 Å². The highest BCUT2D eigenvalue weighted by molar-refractivity contribution is 6.05. The monoisotopic (exact) mass is 440 g/mol. The minimum Gasteiger partial charge on any atom is -0.465 e. The van der Waals surface area contributed by atoms with Gasteiger partial charge in [0.15, 0.2) is 0 Å². The highest BCUT2D eigenvalue weighted by Gasteiger charge is 2.16. The molecule has 2 aromatic carbocycles. The highest BCUT2D eigenvalue weighted by Crippen LogP contribution is 2.16. The second-order valence-electron chi connectivity index (χ2n) is 7.55. The molecule has 166 valence electrons. The summed E-state index contributed by atoms with van der Waals surface area (Å²) in [7, 11) is 0. The first-order valence-corrected chi connectivity index (χ1v) is 10.5. The summed E-state index contributed by atoms with van der Waals surface area (Å²) in [6.45, 7) is 4.13. The Labute approximate surface area is 191 Å². The van der Waals surface area contributed by atoms with E-state index in [0.29, 0.717) is 11.3 Å². The summed E-state index contributed by atoms with van der Waals surface area (Å²) in [4.78, 5) is 30.1. The van der Waals surface area contributed by atoms with E-state index in [2.05, 4.69) is 15.6 Å². The van der Waals surface area contributed by atoms with Crippen LogP contribution in [0.15, 0.2) is 89.4 Å². The molecular formula is C26H24N4O3. The van der Waals surface area contributed by atoms with Gasteiger partial charge >= 0.3 is 0 Å². The molecule has 33 heavy (non-hydrogen) atoms. The first-order valence-electron chi connectivity index (χ1n) is 10.5. The van der Waals surface area contributed by atoms with Crippen molar-refractivity contribution in [1.29, 1.82) is 0 Å². The summed E-state index contributed by atoms with van der Waals surface area (Å²) < 4.78 is 7.30. The normalized spacial score (nSPS) is 11.3. The third kappa shape index (κ3) is 5.27. The lowest BCUT2D eigenvalue weighted by atomic mass is 10.1. The number of carbonyl (C=O) groups is 2. The lowest BCUT2D eigenvalue weighted by molar-refractivity contribution is -0.117. The number of nitrogens with zero attached hydrogens (tertiary/aromatic N) is 2. The molecule has 0 aliphatic heterocycles. The molecular weight excluding hydrogens is 416 g/mol. The Kier molecular flexibility index (Phi) is 6.50. The largest absolute Gasteiger partial charge is 0.465 e. The van der Waals surface area contributed by atoms with Crippen LogP contribution in [-0.4, -0.2) is 21.4 Å². The summed E-state index contributed by atoms with van der Waals surface area (Å²) in [5, 5.41) is 5.62. The Balaban J connectivity index is 1.54. The second-order valence-corrected chi connectivity index (χ2v) is 7.55. The smallest absolute Gasteiger partial charge is 0.268 e. The van der Waals surface area contributed by atoms with Crippen molar-refractivity contribution in [3.63, 3.8) is 0 Å². The summed E-state index contributed by atoms with van der Waals surface area (Å²) >= 11 is 0. The number of imidazole rings is 1. The summed E-state index contributed by atoms with van der Waals surface area (Å²) in [5.41, 5.74) is 3.43. The minimum absolute atomic E-state index is 0.0896. The predicted octanol–water partition coefficient (Wildman–Crippen LogP) is 4.17. The van der Waals surface area contributed by atoms with Crippen LogP contribution < -0.4 is 10.6 Å². The fraction of sp³-hybridized carbons (Fsp3) is 0.115. The zero-order valence-corrected chi connectivity index (χ0v) is 18.4. The Bertz CT molecular complexity index is 1290. The van der Waals surface area contributed by atoms with Gasteiger partial charge in [-0.15, -0.1) is 0 Å². The van der Waals surface area contributed by atoms with Crippen molar-refractivity contribution in [2.24, 2.45) is 0 Å². The Hall–Kier alpha value is -4.39. The second kappa shape index (κ2) is 9.82. The number of hydrogen-bond acceptors (Lipinski definition) is 4. The average molecular weight is 441 g/mol. The molecule has 0 unspecified atom stereocenters. The first-order chi connectivity index (χ1) is 16.0. The van der Waals surface area contributed by atoms with Crippen LogP contribution in [0.2, 0.25) is 0 Å². The molecule has 0 spiro atoms. The molecule has 0 aliphatic rings. The molecule has 7 nitrogen and oxygen atoms in total. The maximum Gasteiger partial charge on any atom is 0.268 e. The van der Waals surface area contributed by atoms with Gasteiger partial charge in [-0.05, 0) is 49.7 Å². The minimum atomic E-state index is -0.427. The van der Waals surface area contributed by atoms with Crippen LogP contribution in [0.3, 0.4) is 0 Å². The number of furan rings is 1. The van der Waals surface area contributed by atoms with Crippen molar-refractivity contribution >= 4 is 17.9 Å². The molecule has 2 amide bonds. The molecule has 0 fully saturated rings. The molecule has 0 atom stereocenters. The Morgan fingerprint density at radius 3 is 2.52 bits per heavy atom. The molecule has 4 aromatic rings. The highest BCUT2D eigenvalue weighted by atomic mass is 16.3. The van der Waals surface area contributed by atoms with Gasteiger partial charge in [-0.2, -0.15) is 0 Å². The number of benzene rings is 2. The van der Waals surface area contributed by atoms with E-state index >= 15 is 0 Å². The van der Waals surface area contributed by atoms with Crippen molar-refractivity contribution in [1.82, 2.24) is 20.2 Å². The fourth-order valence-corrected chi connectivity index (χ4v) is 3.37. The first kappa shape index (κ1) is 21.8. The molecule has 0 saturated heterocycles. The van der Waals surface area contributed by atoms with E-state index in [-0.39, 0.29) is 18.1 Å². The number of nitrogens with one attached hydrogen (secondary N) is 2. The number of rotatable bonds is 7. The quantitative estimate of drug-likeness (QED) is 0.422. The van der Waals surface area contributed by atoms with Gasteiger partial charge in [0.05, 0.1) is 12.0 Å². The maximum atomic E-state index is 13.1. The Morgan fingerprint density at radius 1 is 1.03 bits per heavy atom. The number of hydrogen-bond donors (Lipinski definition) is 2. The van der Waals surface area contributed by atoms with Crippen molar-refractivity contribution in [3.05, 3.63) is 113 Å². The van der Waals surface area contributed by atoms with Crippen molar-refractivity contribution < 1.29 is 14.0 Å². The SMILES string of the molecule is Cc1ccc(C(=O)N/C(=C\c2ccco2)C(=O)NCc2ccccc2-n2ccnc2C)cc1. The van der Waals surface area contributed by atoms with E-state index in [1.54, 1.807) is 30.5 Å². The summed E-state index contributed by atoms with van der Waals surface area (Å²) in [6, 6.07) is 18.3. The number of aryl methyl sites for hydroxylation is 2. The van der Waals surface area contributed by atoms with Crippen LogP contribution >= 0.6 is 0 Å². The number of para-hydroxylation sites is 1.